The lowest BCUT2D eigenvalue weighted by Gasteiger charge is -2.08. The predicted molar refractivity (Wildman–Crippen MR) is 60.8 cm³/mol. The number of nitrogens with two attached hydrogens (primary N) is 1. The molecule has 0 aliphatic carbocycles. The van der Waals surface area contributed by atoms with Crippen LogP contribution in [0.25, 0.3) is 0 Å². The summed E-state index contributed by atoms with van der Waals surface area (Å²) >= 11 is 3.52. The van der Waals surface area contributed by atoms with E-state index in [1.807, 2.05) is 6.92 Å². The molecule has 0 saturated heterocycles. The first-order valence-corrected chi connectivity index (χ1v) is 5.40. The van der Waals surface area contributed by atoms with Gasteiger partial charge >= 0.3 is 0 Å². The molecule has 0 aliphatic rings. The summed E-state index contributed by atoms with van der Waals surface area (Å²) in [4.78, 5) is 0. The molecule has 2 N–H and O–H groups in total. The molecule has 1 unspecified atom stereocenters. The third-order valence-electron chi connectivity index (χ3n) is 2.25. The average Bonchev–Trinajstić information content (AvgIpc) is 2.07. The maximum Gasteiger partial charge on any atom is 0.0207 e. The highest BCUT2D eigenvalue weighted by molar-refractivity contribution is 9.10. The summed E-state index contributed by atoms with van der Waals surface area (Å²) in [7, 11) is 0. The number of hydrogen-bond donors (Lipinski definition) is 1. The molecule has 0 saturated carbocycles. The largest absolute Gasteiger partial charge is 0.328 e. The SMILES string of the molecule is Cc1c(Br)cccc1CCC(C)N. The van der Waals surface area contributed by atoms with Gasteiger partial charge in [0, 0.05) is 10.5 Å². The first kappa shape index (κ1) is 10.7. The molecule has 0 radical (unpaired) electrons. The maximum atomic E-state index is 5.72. The third kappa shape index (κ3) is 3.12. The Morgan fingerprint density at radius 2 is 2.15 bits per heavy atom. The van der Waals surface area contributed by atoms with Gasteiger partial charge in [-0.05, 0) is 43.9 Å². The summed E-state index contributed by atoms with van der Waals surface area (Å²) in [6, 6.07) is 6.61. The summed E-state index contributed by atoms with van der Waals surface area (Å²) in [5, 5.41) is 0. The van der Waals surface area contributed by atoms with E-state index < -0.39 is 0 Å². The molecule has 0 aromatic heterocycles. The zero-order chi connectivity index (χ0) is 9.84. The Hall–Kier alpha value is -0.340. The predicted octanol–water partition coefficient (Wildman–Crippen LogP) is 3.04. The molecule has 0 aliphatic heterocycles. The highest BCUT2D eigenvalue weighted by Crippen LogP contribution is 2.20. The Morgan fingerprint density at radius 3 is 2.77 bits per heavy atom. The van der Waals surface area contributed by atoms with E-state index in [0.29, 0.717) is 6.04 Å². The van der Waals surface area contributed by atoms with Crippen LogP contribution in [0.3, 0.4) is 0 Å². The van der Waals surface area contributed by atoms with Crippen molar-refractivity contribution in [3.8, 4) is 0 Å². The van der Waals surface area contributed by atoms with Crippen LogP contribution < -0.4 is 5.73 Å². The van der Waals surface area contributed by atoms with Crippen molar-refractivity contribution < 1.29 is 0 Å². The van der Waals surface area contributed by atoms with Gasteiger partial charge in [-0.1, -0.05) is 28.1 Å². The van der Waals surface area contributed by atoms with Crippen LogP contribution in [0.15, 0.2) is 22.7 Å². The molecule has 0 amide bonds. The first-order chi connectivity index (χ1) is 6.11. The van der Waals surface area contributed by atoms with Gasteiger partial charge in [-0.15, -0.1) is 0 Å². The van der Waals surface area contributed by atoms with Crippen molar-refractivity contribution in [2.75, 3.05) is 0 Å². The van der Waals surface area contributed by atoms with Gasteiger partial charge in [0.05, 0.1) is 0 Å². The molecule has 0 spiro atoms. The van der Waals surface area contributed by atoms with Gasteiger partial charge in [0.1, 0.15) is 0 Å². The van der Waals surface area contributed by atoms with E-state index in [-0.39, 0.29) is 0 Å². The summed E-state index contributed by atoms with van der Waals surface area (Å²) < 4.78 is 1.19. The quantitative estimate of drug-likeness (QED) is 0.866. The molecule has 0 heterocycles. The van der Waals surface area contributed by atoms with Crippen molar-refractivity contribution in [2.45, 2.75) is 32.7 Å². The molecule has 1 aromatic rings. The van der Waals surface area contributed by atoms with Crippen LogP contribution in [0, 0.1) is 6.92 Å². The minimum atomic E-state index is 0.290. The highest BCUT2D eigenvalue weighted by atomic mass is 79.9. The molecule has 1 aromatic carbocycles. The molecule has 2 heteroatoms. The van der Waals surface area contributed by atoms with Crippen LogP contribution in [0.4, 0.5) is 0 Å². The van der Waals surface area contributed by atoms with Crippen molar-refractivity contribution in [3.05, 3.63) is 33.8 Å². The molecular weight excluding hydrogens is 226 g/mol. The van der Waals surface area contributed by atoms with Crippen LogP contribution >= 0.6 is 15.9 Å². The van der Waals surface area contributed by atoms with Gasteiger partial charge in [0.25, 0.3) is 0 Å². The van der Waals surface area contributed by atoms with E-state index in [1.54, 1.807) is 0 Å². The van der Waals surface area contributed by atoms with E-state index in [1.165, 1.54) is 15.6 Å². The number of halogens is 1. The maximum absolute atomic E-state index is 5.72. The monoisotopic (exact) mass is 241 g/mol. The normalized spacial score (nSPS) is 12.9. The van der Waals surface area contributed by atoms with Gasteiger partial charge < -0.3 is 5.73 Å². The van der Waals surface area contributed by atoms with E-state index in [9.17, 15) is 0 Å². The van der Waals surface area contributed by atoms with E-state index in [2.05, 4.69) is 41.1 Å². The number of aryl methyl sites for hydroxylation is 1. The first-order valence-electron chi connectivity index (χ1n) is 4.61. The molecule has 72 valence electrons. The van der Waals surface area contributed by atoms with Crippen molar-refractivity contribution in [1.29, 1.82) is 0 Å². The Morgan fingerprint density at radius 1 is 1.46 bits per heavy atom. The van der Waals surface area contributed by atoms with Crippen LogP contribution in [0.5, 0.6) is 0 Å². The highest BCUT2D eigenvalue weighted by Gasteiger charge is 2.02. The number of benzene rings is 1. The van der Waals surface area contributed by atoms with Crippen molar-refractivity contribution >= 4 is 15.9 Å². The van der Waals surface area contributed by atoms with E-state index in [0.717, 1.165) is 12.8 Å². The molecule has 0 fully saturated rings. The Labute approximate surface area is 88.5 Å². The zero-order valence-corrected chi connectivity index (χ0v) is 9.76. The van der Waals surface area contributed by atoms with Crippen LogP contribution in [0.1, 0.15) is 24.5 Å². The smallest absolute Gasteiger partial charge is 0.0207 e. The van der Waals surface area contributed by atoms with Crippen molar-refractivity contribution in [1.82, 2.24) is 0 Å². The lowest BCUT2D eigenvalue weighted by atomic mass is 10.0. The lowest BCUT2D eigenvalue weighted by Crippen LogP contribution is -2.15. The number of hydrogen-bond acceptors (Lipinski definition) is 1. The lowest BCUT2D eigenvalue weighted by molar-refractivity contribution is 0.664. The number of rotatable bonds is 3. The standard InChI is InChI=1S/C11H16BrN/c1-8(13)6-7-10-4-3-5-11(12)9(10)2/h3-5,8H,6-7,13H2,1-2H3. The van der Waals surface area contributed by atoms with Crippen LogP contribution in [-0.4, -0.2) is 6.04 Å². The third-order valence-corrected chi connectivity index (χ3v) is 3.11. The summed E-state index contributed by atoms with van der Waals surface area (Å²) in [6.45, 7) is 4.19. The fourth-order valence-corrected chi connectivity index (χ4v) is 1.71. The second-order valence-corrected chi connectivity index (χ2v) is 4.39. The van der Waals surface area contributed by atoms with E-state index >= 15 is 0 Å². The second-order valence-electron chi connectivity index (χ2n) is 3.54. The van der Waals surface area contributed by atoms with Crippen molar-refractivity contribution in [3.63, 3.8) is 0 Å². The molecule has 13 heavy (non-hydrogen) atoms. The summed E-state index contributed by atoms with van der Waals surface area (Å²) in [5.74, 6) is 0. The molecule has 1 atom stereocenters. The van der Waals surface area contributed by atoms with Crippen LogP contribution in [-0.2, 0) is 6.42 Å². The fourth-order valence-electron chi connectivity index (χ4n) is 1.31. The Kier molecular flexibility index (Phi) is 3.94. The zero-order valence-electron chi connectivity index (χ0n) is 8.18. The van der Waals surface area contributed by atoms with Gasteiger partial charge in [-0.2, -0.15) is 0 Å². The topological polar surface area (TPSA) is 26.0 Å². The molecule has 1 nitrogen and oxygen atoms in total. The molecule has 0 bridgehead atoms. The van der Waals surface area contributed by atoms with Crippen LogP contribution in [0.2, 0.25) is 0 Å². The van der Waals surface area contributed by atoms with E-state index in [4.69, 9.17) is 5.73 Å². The Balaban J connectivity index is 2.71. The fraction of sp³-hybridized carbons (Fsp3) is 0.455. The van der Waals surface area contributed by atoms with Gasteiger partial charge in [0.2, 0.25) is 0 Å². The van der Waals surface area contributed by atoms with Gasteiger partial charge in [0.15, 0.2) is 0 Å². The minimum Gasteiger partial charge on any atom is -0.328 e. The Bertz CT molecular complexity index is 281. The van der Waals surface area contributed by atoms with Gasteiger partial charge in [-0.25, -0.2) is 0 Å². The molecular formula is C11H16BrN. The summed E-state index contributed by atoms with van der Waals surface area (Å²) in [5.41, 5.74) is 8.45. The summed E-state index contributed by atoms with van der Waals surface area (Å²) in [6.07, 6.45) is 2.13. The second kappa shape index (κ2) is 4.77. The van der Waals surface area contributed by atoms with Crippen molar-refractivity contribution in [2.24, 2.45) is 5.73 Å². The molecule has 1 rings (SSSR count). The minimum absolute atomic E-state index is 0.290. The average molecular weight is 242 g/mol. The van der Waals surface area contributed by atoms with Gasteiger partial charge in [-0.3, -0.25) is 0 Å².